The Balaban J connectivity index is 1.55. The Hall–Kier alpha value is -2.73. The molecule has 5 nitrogen and oxygen atoms in total. The van der Waals surface area contributed by atoms with Gasteiger partial charge in [0.15, 0.2) is 0 Å². The van der Waals surface area contributed by atoms with E-state index in [0.717, 1.165) is 32.7 Å². The number of para-hydroxylation sites is 1. The monoisotopic (exact) mass is 409 g/mol. The van der Waals surface area contributed by atoms with Crippen LogP contribution in [0.4, 0.5) is 0 Å². The van der Waals surface area contributed by atoms with Gasteiger partial charge in [-0.25, -0.2) is 0 Å². The number of ether oxygens (including phenoxy) is 1. The van der Waals surface area contributed by atoms with E-state index in [2.05, 4.69) is 25.9 Å². The first-order valence-corrected chi connectivity index (χ1v) is 8.97. The standard InChI is InChI=1S/C20H16BrN3O2/c1-26-19-5-3-2-4-16(19)17-7-6-13(9-22-17)20(25)24-11-14-8-15(21)10-23-18(14)12-24/h2-10H,11-12H2,1H3. The van der Waals surface area contributed by atoms with Crippen molar-refractivity contribution >= 4 is 21.8 Å². The summed E-state index contributed by atoms with van der Waals surface area (Å²) in [5.74, 6) is 0.712. The lowest BCUT2D eigenvalue weighted by Gasteiger charge is -2.15. The molecule has 3 aromatic rings. The molecule has 0 fully saturated rings. The van der Waals surface area contributed by atoms with E-state index in [9.17, 15) is 4.79 Å². The lowest BCUT2D eigenvalue weighted by Crippen LogP contribution is -2.25. The van der Waals surface area contributed by atoms with Crippen molar-refractivity contribution in [2.45, 2.75) is 13.1 Å². The second kappa shape index (κ2) is 6.88. The quantitative estimate of drug-likeness (QED) is 0.653. The third kappa shape index (κ3) is 3.08. The Labute approximate surface area is 159 Å². The van der Waals surface area contributed by atoms with E-state index in [-0.39, 0.29) is 5.91 Å². The molecule has 1 amide bonds. The van der Waals surface area contributed by atoms with Crippen LogP contribution >= 0.6 is 15.9 Å². The van der Waals surface area contributed by atoms with Gasteiger partial charge in [0, 0.05) is 29.0 Å². The van der Waals surface area contributed by atoms with E-state index in [1.807, 2.05) is 42.5 Å². The lowest BCUT2D eigenvalue weighted by atomic mass is 10.1. The Kier molecular flexibility index (Phi) is 4.42. The van der Waals surface area contributed by atoms with Crippen molar-refractivity contribution < 1.29 is 9.53 Å². The number of rotatable bonds is 3. The predicted octanol–water partition coefficient (Wildman–Crippen LogP) is 4.07. The van der Waals surface area contributed by atoms with E-state index in [0.29, 0.717) is 18.7 Å². The summed E-state index contributed by atoms with van der Waals surface area (Å²) in [7, 11) is 1.63. The molecule has 0 unspecified atom stereocenters. The summed E-state index contributed by atoms with van der Waals surface area (Å²) >= 11 is 3.42. The molecule has 0 atom stereocenters. The molecule has 0 spiro atoms. The number of fused-ring (bicyclic) bond motifs is 1. The van der Waals surface area contributed by atoms with E-state index in [4.69, 9.17) is 4.74 Å². The number of pyridine rings is 2. The average Bonchev–Trinajstić information content (AvgIpc) is 3.10. The van der Waals surface area contributed by atoms with Gasteiger partial charge in [-0.2, -0.15) is 0 Å². The molecular formula is C20H16BrN3O2. The fraction of sp³-hybridized carbons (Fsp3) is 0.150. The van der Waals surface area contributed by atoms with Gasteiger partial charge in [0.25, 0.3) is 5.91 Å². The van der Waals surface area contributed by atoms with Crippen LogP contribution in [0.3, 0.4) is 0 Å². The summed E-state index contributed by atoms with van der Waals surface area (Å²) in [4.78, 5) is 23.4. The van der Waals surface area contributed by atoms with Gasteiger partial charge in [0.2, 0.25) is 0 Å². The zero-order valence-electron chi connectivity index (χ0n) is 14.1. The zero-order chi connectivity index (χ0) is 18.1. The highest BCUT2D eigenvalue weighted by atomic mass is 79.9. The van der Waals surface area contributed by atoms with Crippen molar-refractivity contribution in [3.63, 3.8) is 0 Å². The number of methoxy groups -OCH3 is 1. The van der Waals surface area contributed by atoms with Crippen LogP contribution in [0.25, 0.3) is 11.3 Å². The van der Waals surface area contributed by atoms with Gasteiger partial charge in [-0.1, -0.05) is 12.1 Å². The molecule has 0 saturated heterocycles. The van der Waals surface area contributed by atoms with Gasteiger partial charge in [0.05, 0.1) is 30.6 Å². The van der Waals surface area contributed by atoms with Gasteiger partial charge in [-0.3, -0.25) is 14.8 Å². The SMILES string of the molecule is COc1ccccc1-c1ccc(C(=O)N2Cc3cc(Br)cnc3C2)cn1. The molecule has 1 aliphatic heterocycles. The van der Waals surface area contributed by atoms with Crippen LogP contribution in [0.2, 0.25) is 0 Å². The zero-order valence-corrected chi connectivity index (χ0v) is 15.7. The molecule has 0 bridgehead atoms. The third-order valence-corrected chi connectivity index (χ3v) is 4.84. The molecule has 4 rings (SSSR count). The molecule has 0 radical (unpaired) electrons. The Morgan fingerprint density at radius 1 is 1.12 bits per heavy atom. The third-order valence-electron chi connectivity index (χ3n) is 4.41. The topological polar surface area (TPSA) is 55.3 Å². The van der Waals surface area contributed by atoms with Crippen molar-refractivity contribution in [1.29, 1.82) is 0 Å². The summed E-state index contributed by atoms with van der Waals surface area (Å²) < 4.78 is 6.30. The second-order valence-electron chi connectivity index (χ2n) is 6.05. The summed E-state index contributed by atoms with van der Waals surface area (Å²) in [6.07, 6.45) is 3.38. The van der Waals surface area contributed by atoms with Gasteiger partial charge < -0.3 is 9.64 Å². The highest BCUT2D eigenvalue weighted by Gasteiger charge is 2.25. The van der Waals surface area contributed by atoms with Gasteiger partial charge >= 0.3 is 0 Å². The minimum atomic E-state index is -0.0433. The normalized spacial score (nSPS) is 12.8. The van der Waals surface area contributed by atoms with Crippen LogP contribution in [-0.2, 0) is 13.1 Å². The van der Waals surface area contributed by atoms with Crippen LogP contribution in [0, 0.1) is 0 Å². The number of nitrogens with zero attached hydrogens (tertiary/aromatic N) is 3. The maximum absolute atomic E-state index is 12.8. The summed E-state index contributed by atoms with van der Waals surface area (Å²) in [6, 6.07) is 13.4. The van der Waals surface area contributed by atoms with Crippen molar-refractivity contribution in [2.24, 2.45) is 0 Å². The minimum Gasteiger partial charge on any atom is -0.496 e. The number of carbonyl (C=O) groups excluding carboxylic acids is 1. The van der Waals surface area contributed by atoms with Crippen LogP contribution in [-0.4, -0.2) is 27.9 Å². The number of hydrogen-bond acceptors (Lipinski definition) is 4. The molecular weight excluding hydrogens is 394 g/mol. The molecule has 1 aliphatic rings. The molecule has 6 heteroatoms. The molecule has 130 valence electrons. The smallest absolute Gasteiger partial charge is 0.256 e. The number of carbonyl (C=O) groups is 1. The van der Waals surface area contributed by atoms with Crippen LogP contribution in [0.5, 0.6) is 5.75 Å². The maximum atomic E-state index is 12.8. The maximum Gasteiger partial charge on any atom is 0.256 e. The van der Waals surface area contributed by atoms with Gasteiger partial charge in [0.1, 0.15) is 5.75 Å². The van der Waals surface area contributed by atoms with Crippen molar-refractivity contribution in [3.05, 3.63) is 76.2 Å². The Bertz CT molecular complexity index is 973. The first kappa shape index (κ1) is 16.7. The second-order valence-corrected chi connectivity index (χ2v) is 6.97. The number of hydrogen-bond donors (Lipinski definition) is 0. The summed E-state index contributed by atoms with van der Waals surface area (Å²) in [5, 5.41) is 0. The number of benzene rings is 1. The first-order chi connectivity index (χ1) is 12.7. The number of aromatic nitrogens is 2. The predicted molar refractivity (Wildman–Crippen MR) is 102 cm³/mol. The Morgan fingerprint density at radius 3 is 2.73 bits per heavy atom. The van der Waals surface area contributed by atoms with Crippen molar-refractivity contribution in [1.82, 2.24) is 14.9 Å². The minimum absolute atomic E-state index is 0.0433. The fourth-order valence-corrected chi connectivity index (χ4v) is 3.47. The molecule has 0 aliphatic carbocycles. The van der Waals surface area contributed by atoms with E-state index in [1.165, 1.54) is 0 Å². The summed E-state index contributed by atoms with van der Waals surface area (Å²) in [5.41, 5.74) is 4.26. The number of amides is 1. The van der Waals surface area contributed by atoms with Crippen molar-refractivity contribution in [2.75, 3.05) is 7.11 Å². The van der Waals surface area contributed by atoms with E-state index < -0.39 is 0 Å². The molecule has 26 heavy (non-hydrogen) atoms. The van der Waals surface area contributed by atoms with E-state index >= 15 is 0 Å². The van der Waals surface area contributed by atoms with Gasteiger partial charge in [-0.05, 0) is 51.8 Å². The summed E-state index contributed by atoms with van der Waals surface area (Å²) in [6.45, 7) is 1.09. The highest BCUT2D eigenvalue weighted by molar-refractivity contribution is 9.10. The Morgan fingerprint density at radius 2 is 1.96 bits per heavy atom. The van der Waals surface area contributed by atoms with Crippen molar-refractivity contribution in [3.8, 4) is 17.0 Å². The number of halogens is 1. The van der Waals surface area contributed by atoms with Crippen LogP contribution in [0.1, 0.15) is 21.6 Å². The van der Waals surface area contributed by atoms with Crippen LogP contribution in [0.15, 0.2) is 59.3 Å². The van der Waals surface area contributed by atoms with E-state index in [1.54, 1.807) is 24.4 Å². The molecule has 0 saturated carbocycles. The van der Waals surface area contributed by atoms with Gasteiger partial charge in [-0.15, -0.1) is 0 Å². The molecule has 3 heterocycles. The van der Waals surface area contributed by atoms with Crippen LogP contribution < -0.4 is 4.74 Å². The lowest BCUT2D eigenvalue weighted by molar-refractivity contribution is 0.0750. The largest absolute Gasteiger partial charge is 0.496 e. The highest BCUT2D eigenvalue weighted by Crippen LogP contribution is 2.29. The first-order valence-electron chi connectivity index (χ1n) is 8.17. The fourth-order valence-electron chi connectivity index (χ4n) is 3.09. The molecule has 2 aromatic heterocycles. The average molecular weight is 410 g/mol. The molecule has 0 N–H and O–H groups in total. The molecule has 1 aromatic carbocycles.